The fourth-order valence-corrected chi connectivity index (χ4v) is 2.29. The highest BCUT2D eigenvalue weighted by molar-refractivity contribution is 9.11. The first kappa shape index (κ1) is 7.77. The lowest BCUT2D eigenvalue weighted by atomic mass is 10.2. The van der Waals surface area contributed by atoms with Crippen LogP contribution in [0.5, 0.6) is 0 Å². The average molecular weight is 278 g/mol. The van der Waals surface area contributed by atoms with E-state index in [2.05, 4.69) is 37.9 Å². The van der Waals surface area contributed by atoms with Gasteiger partial charge in [-0.3, -0.25) is 0 Å². The first-order chi connectivity index (χ1) is 5.27. The van der Waals surface area contributed by atoms with Gasteiger partial charge in [0.1, 0.15) is 6.10 Å². The number of benzene rings is 1. The molecule has 1 aromatic rings. The van der Waals surface area contributed by atoms with Crippen LogP contribution in [0.3, 0.4) is 0 Å². The Bertz CT molecular complexity index is 281. The number of halogens is 2. The molecule has 0 aromatic heterocycles. The molecule has 1 aromatic carbocycles. The van der Waals surface area contributed by atoms with Gasteiger partial charge in [-0.05, 0) is 17.7 Å². The molecule has 1 heterocycles. The Labute approximate surface area is 82.0 Å². The zero-order chi connectivity index (χ0) is 7.84. The standard InChI is InChI=1S/C8H6Br2O/c9-5-1-2-6(7(10)3-5)8-4-11-8/h1-3,8H,4H2/t8-/m1/s1. The van der Waals surface area contributed by atoms with Gasteiger partial charge in [-0.25, -0.2) is 0 Å². The number of ether oxygens (including phenoxy) is 1. The highest BCUT2D eigenvalue weighted by atomic mass is 79.9. The number of epoxide rings is 1. The Balaban J connectivity index is 2.39. The summed E-state index contributed by atoms with van der Waals surface area (Å²) in [6.07, 6.45) is 0.331. The molecule has 1 atom stereocenters. The summed E-state index contributed by atoms with van der Waals surface area (Å²) in [6, 6.07) is 6.14. The summed E-state index contributed by atoms with van der Waals surface area (Å²) in [7, 11) is 0. The van der Waals surface area contributed by atoms with Crippen molar-refractivity contribution in [2.45, 2.75) is 6.10 Å². The third kappa shape index (κ3) is 1.66. The second kappa shape index (κ2) is 2.88. The van der Waals surface area contributed by atoms with Gasteiger partial charge in [-0.2, -0.15) is 0 Å². The monoisotopic (exact) mass is 276 g/mol. The first-order valence-electron chi connectivity index (χ1n) is 3.34. The first-order valence-corrected chi connectivity index (χ1v) is 4.92. The molecule has 0 radical (unpaired) electrons. The maximum absolute atomic E-state index is 5.17. The molecule has 0 N–H and O–H groups in total. The van der Waals surface area contributed by atoms with Crippen molar-refractivity contribution in [3.05, 3.63) is 32.7 Å². The Morgan fingerprint density at radius 2 is 2.09 bits per heavy atom. The van der Waals surface area contributed by atoms with Crippen LogP contribution in [-0.2, 0) is 4.74 Å². The van der Waals surface area contributed by atoms with Gasteiger partial charge in [-0.1, -0.05) is 37.9 Å². The van der Waals surface area contributed by atoms with Crippen LogP contribution < -0.4 is 0 Å². The molecule has 1 fully saturated rings. The Kier molecular flexibility index (Phi) is 2.04. The van der Waals surface area contributed by atoms with Gasteiger partial charge in [0.05, 0.1) is 6.61 Å². The van der Waals surface area contributed by atoms with Crippen molar-refractivity contribution in [3.8, 4) is 0 Å². The molecular weight excluding hydrogens is 272 g/mol. The quantitative estimate of drug-likeness (QED) is 0.718. The molecular formula is C8H6Br2O. The minimum absolute atomic E-state index is 0.331. The fourth-order valence-electron chi connectivity index (χ4n) is 0.990. The predicted octanol–water partition coefficient (Wildman–Crippen LogP) is 3.28. The molecule has 1 aliphatic heterocycles. The third-order valence-electron chi connectivity index (χ3n) is 1.64. The SMILES string of the molecule is Brc1ccc([C@H]2CO2)c(Br)c1. The van der Waals surface area contributed by atoms with E-state index in [0.717, 1.165) is 15.6 Å². The molecule has 0 spiro atoms. The average Bonchev–Trinajstić information content (AvgIpc) is 2.70. The lowest BCUT2D eigenvalue weighted by Crippen LogP contribution is -1.81. The molecule has 0 unspecified atom stereocenters. The van der Waals surface area contributed by atoms with Crippen LogP contribution in [0.1, 0.15) is 11.7 Å². The van der Waals surface area contributed by atoms with Crippen LogP contribution in [0.25, 0.3) is 0 Å². The van der Waals surface area contributed by atoms with Gasteiger partial charge in [0.15, 0.2) is 0 Å². The van der Waals surface area contributed by atoms with Crippen LogP contribution in [0, 0.1) is 0 Å². The molecule has 0 amide bonds. The van der Waals surface area contributed by atoms with E-state index in [0.29, 0.717) is 6.10 Å². The van der Waals surface area contributed by atoms with E-state index in [-0.39, 0.29) is 0 Å². The minimum Gasteiger partial charge on any atom is -0.368 e. The second-order valence-electron chi connectivity index (χ2n) is 2.49. The normalized spacial score (nSPS) is 21.8. The molecule has 1 nitrogen and oxygen atoms in total. The largest absolute Gasteiger partial charge is 0.368 e. The Morgan fingerprint density at radius 1 is 1.36 bits per heavy atom. The molecule has 0 bridgehead atoms. The molecule has 0 saturated carbocycles. The third-order valence-corrected chi connectivity index (χ3v) is 2.82. The van der Waals surface area contributed by atoms with Crippen molar-refractivity contribution in [1.29, 1.82) is 0 Å². The highest BCUT2D eigenvalue weighted by Crippen LogP contribution is 2.35. The maximum atomic E-state index is 5.17. The van der Waals surface area contributed by atoms with Crippen molar-refractivity contribution in [2.24, 2.45) is 0 Å². The molecule has 58 valence electrons. The van der Waals surface area contributed by atoms with Crippen molar-refractivity contribution in [3.63, 3.8) is 0 Å². The van der Waals surface area contributed by atoms with E-state index < -0.39 is 0 Å². The van der Waals surface area contributed by atoms with Crippen LogP contribution in [0.15, 0.2) is 27.1 Å². The number of hydrogen-bond acceptors (Lipinski definition) is 1. The van der Waals surface area contributed by atoms with E-state index in [1.54, 1.807) is 0 Å². The Hall–Kier alpha value is 0.140. The smallest absolute Gasteiger partial charge is 0.107 e. The summed E-state index contributed by atoms with van der Waals surface area (Å²) in [4.78, 5) is 0. The minimum atomic E-state index is 0.331. The second-order valence-corrected chi connectivity index (χ2v) is 4.26. The summed E-state index contributed by atoms with van der Waals surface area (Å²) < 4.78 is 7.38. The van der Waals surface area contributed by atoms with Crippen molar-refractivity contribution in [2.75, 3.05) is 6.61 Å². The molecule has 1 saturated heterocycles. The van der Waals surface area contributed by atoms with E-state index in [1.807, 2.05) is 12.1 Å². The van der Waals surface area contributed by atoms with Crippen LogP contribution in [-0.4, -0.2) is 6.61 Å². The molecule has 3 heteroatoms. The predicted molar refractivity (Wildman–Crippen MR) is 50.5 cm³/mol. The topological polar surface area (TPSA) is 12.5 Å². The van der Waals surface area contributed by atoms with Crippen molar-refractivity contribution < 1.29 is 4.74 Å². The lowest BCUT2D eigenvalue weighted by molar-refractivity contribution is 0.415. The van der Waals surface area contributed by atoms with Gasteiger partial charge in [0.2, 0.25) is 0 Å². The molecule has 11 heavy (non-hydrogen) atoms. The zero-order valence-corrected chi connectivity index (χ0v) is 8.85. The highest BCUT2D eigenvalue weighted by Gasteiger charge is 2.26. The number of hydrogen-bond donors (Lipinski definition) is 0. The van der Waals surface area contributed by atoms with Gasteiger partial charge in [-0.15, -0.1) is 0 Å². The summed E-state index contributed by atoms with van der Waals surface area (Å²) in [5.41, 5.74) is 1.24. The maximum Gasteiger partial charge on any atom is 0.107 e. The van der Waals surface area contributed by atoms with E-state index >= 15 is 0 Å². The van der Waals surface area contributed by atoms with E-state index in [4.69, 9.17) is 4.74 Å². The summed E-state index contributed by atoms with van der Waals surface area (Å²) in [6.45, 7) is 0.861. The fraction of sp³-hybridized carbons (Fsp3) is 0.250. The van der Waals surface area contributed by atoms with Gasteiger partial charge >= 0.3 is 0 Å². The molecule has 0 aliphatic carbocycles. The Morgan fingerprint density at radius 3 is 2.64 bits per heavy atom. The van der Waals surface area contributed by atoms with E-state index in [1.165, 1.54) is 5.56 Å². The van der Waals surface area contributed by atoms with Crippen LogP contribution in [0.4, 0.5) is 0 Å². The van der Waals surface area contributed by atoms with Gasteiger partial charge in [0.25, 0.3) is 0 Å². The number of rotatable bonds is 1. The van der Waals surface area contributed by atoms with Crippen molar-refractivity contribution in [1.82, 2.24) is 0 Å². The lowest BCUT2D eigenvalue weighted by Gasteiger charge is -1.99. The molecule has 2 rings (SSSR count). The molecule has 1 aliphatic rings. The summed E-state index contributed by atoms with van der Waals surface area (Å²) >= 11 is 6.87. The zero-order valence-electron chi connectivity index (χ0n) is 5.68. The van der Waals surface area contributed by atoms with Crippen LogP contribution in [0.2, 0.25) is 0 Å². The van der Waals surface area contributed by atoms with Gasteiger partial charge in [0, 0.05) is 8.95 Å². The van der Waals surface area contributed by atoms with Gasteiger partial charge < -0.3 is 4.74 Å². The summed E-state index contributed by atoms with van der Waals surface area (Å²) in [5, 5.41) is 0. The van der Waals surface area contributed by atoms with Crippen LogP contribution >= 0.6 is 31.9 Å². The van der Waals surface area contributed by atoms with Crippen molar-refractivity contribution >= 4 is 31.9 Å². The van der Waals surface area contributed by atoms with E-state index in [9.17, 15) is 0 Å². The summed E-state index contributed by atoms with van der Waals surface area (Å²) in [5.74, 6) is 0.